The number of imide groups is 2. The first kappa shape index (κ1) is 47.1. The molecule has 66 heavy (non-hydrogen) atoms. The zero-order valence-corrected chi connectivity index (χ0v) is 36.3. The van der Waals surface area contributed by atoms with Crippen molar-refractivity contribution in [2.24, 2.45) is 0 Å². The molecule has 2 saturated heterocycles. The van der Waals surface area contributed by atoms with E-state index in [4.69, 9.17) is 18.9 Å². The minimum atomic E-state index is -1.23. The SMILES string of the molecule is C=CC(=O)N1CCN(c2nc(NCCC(=O)N(C)CCOCCOCCOCCOc3ccc4c(c3)C(=O)N(C3CCC(=O)NC3=O)C4=O)nc3c2=CC(c2c(O)cccc2F)C=3F)CC1. The summed E-state index contributed by atoms with van der Waals surface area (Å²) in [6.07, 6.45) is 2.90. The molecule has 1 aliphatic carbocycles. The van der Waals surface area contributed by atoms with Gasteiger partial charge in [0.05, 0.1) is 56.7 Å². The van der Waals surface area contributed by atoms with Gasteiger partial charge in [0.1, 0.15) is 47.0 Å². The number of piperidine rings is 1. The van der Waals surface area contributed by atoms with E-state index in [0.717, 1.165) is 11.0 Å². The highest BCUT2D eigenvalue weighted by atomic mass is 19.1. The number of ether oxygens (including phenoxy) is 4. The summed E-state index contributed by atoms with van der Waals surface area (Å²) < 4.78 is 53.3. The van der Waals surface area contributed by atoms with Crippen molar-refractivity contribution < 1.29 is 61.6 Å². The Morgan fingerprint density at radius 2 is 1.64 bits per heavy atom. The van der Waals surface area contributed by atoms with E-state index in [1.165, 1.54) is 41.3 Å². The average molecular weight is 917 g/mol. The molecule has 4 aliphatic rings. The van der Waals surface area contributed by atoms with Crippen LogP contribution < -0.4 is 30.8 Å². The van der Waals surface area contributed by atoms with E-state index in [-0.39, 0.29) is 98.6 Å². The summed E-state index contributed by atoms with van der Waals surface area (Å²) in [5.41, 5.74) is 0.0624. The third-order valence-corrected chi connectivity index (χ3v) is 11.4. The van der Waals surface area contributed by atoms with Crippen LogP contribution in [0.25, 0.3) is 11.9 Å². The number of hydrogen-bond donors (Lipinski definition) is 3. The summed E-state index contributed by atoms with van der Waals surface area (Å²) in [6, 6.07) is 7.18. The Bertz CT molecular complexity index is 2500. The third-order valence-electron chi connectivity index (χ3n) is 11.4. The van der Waals surface area contributed by atoms with Gasteiger partial charge in [-0.05, 0) is 42.8 Å². The number of carbonyl (C=O) groups excluding carboxylic acids is 6. The van der Waals surface area contributed by atoms with Gasteiger partial charge in [0.25, 0.3) is 11.8 Å². The molecule has 1 aromatic heterocycles. The van der Waals surface area contributed by atoms with E-state index in [2.05, 4.69) is 27.2 Å². The Balaban J connectivity index is 0.785. The van der Waals surface area contributed by atoms with Crippen LogP contribution in [-0.4, -0.2) is 164 Å². The molecule has 350 valence electrons. The fourth-order valence-electron chi connectivity index (χ4n) is 7.91. The number of fused-ring (bicyclic) bond motifs is 2. The van der Waals surface area contributed by atoms with Crippen molar-refractivity contribution in [1.82, 2.24) is 30.0 Å². The Morgan fingerprint density at radius 1 is 0.939 bits per heavy atom. The molecule has 19 nitrogen and oxygen atoms in total. The quantitative estimate of drug-likeness (QED) is 0.0757. The average Bonchev–Trinajstić information content (AvgIpc) is 3.76. The molecule has 4 heterocycles. The first-order valence-corrected chi connectivity index (χ1v) is 21.5. The highest BCUT2D eigenvalue weighted by molar-refractivity contribution is 6.23. The van der Waals surface area contributed by atoms with Gasteiger partial charge < -0.3 is 44.1 Å². The number of carbonyl (C=O) groups is 6. The van der Waals surface area contributed by atoms with Crippen LogP contribution in [0.1, 0.15) is 51.5 Å². The number of aromatic nitrogens is 2. The molecule has 2 aromatic carbocycles. The Kier molecular flexibility index (Phi) is 15.3. The predicted molar refractivity (Wildman–Crippen MR) is 232 cm³/mol. The number of anilines is 2. The molecule has 2 unspecified atom stereocenters. The second-order valence-corrected chi connectivity index (χ2v) is 15.6. The van der Waals surface area contributed by atoms with E-state index in [1.807, 2.05) is 4.90 Å². The number of piperazine rings is 1. The summed E-state index contributed by atoms with van der Waals surface area (Å²) in [4.78, 5) is 89.8. The number of nitrogens with one attached hydrogen (secondary N) is 2. The van der Waals surface area contributed by atoms with Crippen molar-refractivity contribution >= 4 is 59.1 Å². The number of rotatable bonds is 21. The first-order valence-electron chi connectivity index (χ1n) is 21.5. The lowest BCUT2D eigenvalue weighted by Crippen LogP contribution is -2.54. The minimum Gasteiger partial charge on any atom is -0.508 e. The van der Waals surface area contributed by atoms with Crippen LogP contribution in [0.3, 0.4) is 0 Å². The van der Waals surface area contributed by atoms with Crippen molar-refractivity contribution in [2.45, 2.75) is 31.2 Å². The second-order valence-electron chi connectivity index (χ2n) is 15.6. The zero-order chi connectivity index (χ0) is 46.9. The highest BCUT2D eigenvalue weighted by Gasteiger charge is 2.44. The molecule has 7 rings (SSSR count). The largest absolute Gasteiger partial charge is 0.508 e. The van der Waals surface area contributed by atoms with Gasteiger partial charge in [-0.25, -0.2) is 13.8 Å². The predicted octanol–water partition coefficient (Wildman–Crippen LogP) is 0.602. The third kappa shape index (κ3) is 10.6. The topological polar surface area (TPSA) is 222 Å². The van der Waals surface area contributed by atoms with E-state index in [0.29, 0.717) is 62.7 Å². The van der Waals surface area contributed by atoms with Gasteiger partial charge in [0, 0.05) is 69.9 Å². The molecule has 6 amide bonds. The molecule has 0 radical (unpaired) electrons. The van der Waals surface area contributed by atoms with Crippen molar-refractivity contribution in [3.8, 4) is 11.5 Å². The number of hydrogen-bond acceptors (Lipinski definition) is 15. The van der Waals surface area contributed by atoms with E-state index in [9.17, 15) is 38.3 Å². The van der Waals surface area contributed by atoms with Gasteiger partial charge in [0.15, 0.2) is 0 Å². The van der Waals surface area contributed by atoms with Crippen LogP contribution in [0, 0.1) is 5.82 Å². The van der Waals surface area contributed by atoms with Gasteiger partial charge in [-0.15, -0.1) is 0 Å². The van der Waals surface area contributed by atoms with E-state index < -0.39 is 53.0 Å². The molecule has 0 saturated carbocycles. The first-order chi connectivity index (χ1) is 31.9. The number of amides is 6. The van der Waals surface area contributed by atoms with Crippen molar-refractivity contribution in [3.63, 3.8) is 0 Å². The molecule has 21 heteroatoms. The van der Waals surface area contributed by atoms with Gasteiger partial charge >= 0.3 is 0 Å². The normalized spacial score (nSPS) is 17.9. The summed E-state index contributed by atoms with van der Waals surface area (Å²) in [6.45, 7) is 7.29. The highest BCUT2D eigenvalue weighted by Crippen LogP contribution is 2.37. The number of aromatic hydroxyl groups is 1. The number of phenols is 1. The number of halogens is 2. The molecule has 0 bridgehead atoms. The zero-order valence-electron chi connectivity index (χ0n) is 36.3. The summed E-state index contributed by atoms with van der Waals surface area (Å²) in [5.74, 6) is -5.10. The van der Waals surface area contributed by atoms with E-state index >= 15 is 4.39 Å². The fraction of sp³-hybridized carbons (Fsp3) is 0.422. The van der Waals surface area contributed by atoms with E-state index in [1.54, 1.807) is 18.0 Å². The van der Waals surface area contributed by atoms with Crippen molar-refractivity contribution in [2.75, 3.05) is 103 Å². The Morgan fingerprint density at radius 3 is 2.33 bits per heavy atom. The molecular weight excluding hydrogens is 867 g/mol. The Labute approximate surface area is 377 Å². The molecule has 3 aliphatic heterocycles. The molecule has 2 fully saturated rings. The Hall–Kier alpha value is -6.84. The summed E-state index contributed by atoms with van der Waals surface area (Å²) in [7, 11) is 1.64. The minimum absolute atomic E-state index is 0.0335. The second kappa shape index (κ2) is 21.4. The maximum absolute atomic E-state index is 16.1. The van der Waals surface area contributed by atoms with Gasteiger partial charge in [-0.2, -0.15) is 4.98 Å². The number of nitrogens with zero attached hydrogens (tertiary/aromatic N) is 6. The van der Waals surface area contributed by atoms with Crippen molar-refractivity contribution in [3.05, 3.63) is 82.1 Å². The maximum Gasteiger partial charge on any atom is 0.262 e. The van der Waals surface area contributed by atoms with Crippen LogP contribution in [0.4, 0.5) is 20.5 Å². The smallest absolute Gasteiger partial charge is 0.262 e. The lowest BCUT2D eigenvalue weighted by atomic mass is 9.98. The summed E-state index contributed by atoms with van der Waals surface area (Å²) >= 11 is 0. The molecule has 2 atom stereocenters. The number of phenolic OH excluding ortho intramolecular Hbond substituents is 1. The molecule has 0 spiro atoms. The van der Waals surface area contributed by atoms with Crippen LogP contribution in [0.5, 0.6) is 11.5 Å². The standard InChI is InChI=1S/C45H50F2N8O11/c1-3-36(58)53-13-15-54(16-14-53)41-31-26-30(38-32(46)5-4-6-34(38)56)39(47)40(31)50-45(51-41)48-12-11-37(59)52(2)17-18-63-19-20-64-21-22-65-23-24-66-27-7-8-28-29(25-27)44(62)55(43(28)61)33-9-10-35(57)49-42(33)60/h3-8,25-26,30,33,56H,1,9-24H2,2H3,(H,48,50)(H,49,57,60). The van der Waals surface area contributed by atoms with Gasteiger partial charge in [-0.3, -0.25) is 39.0 Å². The maximum atomic E-state index is 16.1. The molecule has 3 aromatic rings. The van der Waals surface area contributed by atoms with Crippen LogP contribution >= 0.6 is 0 Å². The van der Waals surface area contributed by atoms with Crippen LogP contribution in [0.2, 0.25) is 0 Å². The fourth-order valence-corrected chi connectivity index (χ4v) is 7.91. The number of benzene rings is 2. The molecular formula is C45H50F2N8O11. The van der Waals surface area contributed by atoms with Gasteiger partial charge in [0.2, 0.25) is 29.6 Å². The van der Waals surface area contributed by atoms with Gasteiger partial charge in [-0.1, -0.05) is 18.7 Å². The lowest BCUT2D eigenvalue weighted by Gasteiger charge is -2.35. The molecule has 3 N–H and O–H groups in total. The lowest BCUT2D eigenvalue weighted by molar-refractivity contribution is -0.136. The number of likely N-dealkylation sites (N-methyl/N-ethyl adjacent to an activating group) is 1. The summed E-state index contributed by atoms with van der Waals surface area (Å²) in [5, 5.41) is 15.9. The van der Waals surface area contributed by atoms with Crippen LogP contribution in [-0.2, 0) is 33.4 Å². The monoisotopic (exact) mass is 916 g/mol. The van der Waals surface area contributed by atoms with Crippen LogP contribution in [0.15, 0.2) is 49.1 Å². The van der Waals surface area contributed by atoms with Crippen molar-refractivity contribution in [1.29, 1.82) is 0 Å².